The molecule has 7 heteroatoms. The van der Waals surface area contributed by atoms with Crippen molar-refractivity contribution in [2.75, 3.05) is 18.0 Å². The van der Waals surface area contributed by atoms with Crippen LogP contribution in [0.15, 0.2) is 12.1 Å². The normalized spacial score (nSPS) is 24.1. The van der Waals surface area contributed by atoms with Gasteiger partial charge < -0.3 is 10.0 Å². The Hall–Kier alpha value is -1.40. The van der Waals surface area contributed by atoms with Gasteiger partial charge >= 0.3 is 0 Å². The molecular weight excluding hydrogens is 258 g/mol. The molecule has 6 nitrogen and oxygen atoms in total. The first-order chi connectivity index (χ1) is 8.47. The summed E-state index contributed by atoms with van der Waals surface area (Å²) in [7, 11) is 0. The Kier molecular flexibility index (Phi) is 3.68. The summed E-state index contributed by atoms with van der Waals surface area (Å²) in [5.74, 6) is 0.603. The lowest BCUT2D eigenvalue weighted by Gasteiger charge is -2.35. The van der Waals surface area contributed by atoms with Crippen LogP contribution < -0.4 is 4.90 Å². The zero-order valence-corrected chi connectivity index (χ0v) is 10.7. The summed E-state index contributed by atoms with van der Waals surface area (Å²) in [6, 6.07) is 2.64. The maximum Gasteiger partial charge on any atom is 0.276 e. The number of aromatic nitrogens is 1. The Morgan fingerprint density at radius 1 is 1.61 bits per heavy atom. The van der Waals surface area contributed by atoms with E-state index in [0.717, 1.165) is 0 Å². The van der Waals surface area contributed by atoms with Crippen molar-refractivity contribution in [2.45, 2.75) is 19.4 Å². The highest BCUT2D eigenvalue weighted by Gasteiger charge is 2.26. The highest BCUT2D eigenvalue weighted by molar-refractivity contribution is 6.29. The van der Waals surface area contributed by atoms with Gasteiger partial charge in [0.2, 0.25) is 0 Å². The number of anilines is 1. The zero-order valence-electron chi connectivity index (χ0n) is 9.91. The number of nitro groups is 1. The van der Waals surface area contributed by atoms with E-state index < -0.39 is 4.92 Å². The lowest BCUT2D eigenvalue weighted by atomic mass is 9.97. The third kappa shape index (κ3) is 2.70. The number of hydrogen-bond acceptors (Lipinski definition) is 5. The van der Waals surface area contributed by atoms with Crippen molar-refractivity contribution in [1.82, 2.24) is 4.98 Å². The molecule has 0 spiro atoms. The standard InChI is InChI=1S/C11H14ClN3O3/c1-7-6-14(3-2-9(7)16)11-5-8(15(17)18)4-10(12)13-11/h4-5,7,9,16H,2-3,6H2,1H3. The molecular formula is C11H14ClN3O3. The fourth-order valence-electron chi connectivity index (χ4n) is 2.08. The van der Waals surface area contributed by atoms with Crippen LogP contribution >= 0.6 is 11.6 Å². The molecule has 1 aliphatic rings. The number of rotatable bonds is 2. The van der Waals surface area contributed by atoms with Gasteiger partial charge in [0.25, 0.3) is 5.69 Å². The van der Waals surface area contributed by atoms with Crippen molar-refractivity contribution in [1.29, 1.82) is 0 Å². The summed E-state index contributed by atoms with van der Waals surface area (Å²) < 4.78 is 0. The first-order valence-corrected chi connectivity index (χ1v) is 6.10. The van der Waals surface area contributed by atoms with Gasteiger partial charge in [-0.15, -0.1) is 0 Å². The Labute approximate surface area is 109 Å². The number of hydrogen-bond donors (Lipinski definition) is 1. The molecule has 18 heavy (non-hydrogen) atoms. The van der Waals surface area contributed by atoms with Gasteiger partial charge in [-0.2, -0.15) is 0 Å². The van der Waals surface area contributed by atoms with E-state index in [1.165, 1.54) is 12.1 Å². The smallest absolute Gasteiger partial charge is 0.276 e. The fraction of sp³-hybridized carbons (Fsp3) is 0.545. The monoisotopic (exact) mass is 271 g/mol. The third-order valence-electron chi connectivity index (χ3n) is 3.16. The van der Waals surface area contributed by atoms with Crippen molar-refractivity contribution in [3.05, 3.63) is 27.4 Å². The van der Waals surface area contributed by atoms with Gasteiger partial charge in [0.1, 0.15) is 11.0 Å². The van der Waals surface area contributed by atoms with Crippen LogP contribution in [-0.2, 0) is 0 Å². The molecule has 2 heterocycles. The minimum atomic E-state index is -0.487. The maximum absolute atomic E-state index is 10.8. The van der Waals surface area contributed by atoms with E-state index in [1.54, 1.807) is 0 Å². The second-order valence-electron chi connectivity index (χ2n) is 4.54. The molecule has 2 rings (SSSR count). The van der Waals surface area contributed by atoms with Crippen molar-refractivity contribution < 1.29 is 10.0 Å². The van der Waals surface area contributed by atoms with Crippen LogP contribution in [0, 0.1) is 16.0 Å². The molecule has 1 saturated heterocycles. The quantitative estimate of drug-likeness (QED) is 0.504. The summed E-state index contributed by atoms with van der Waals surface area (Å²) in [5, 5.41) is 20.5. The third-order valence-corrected chi connectivity index (χ3v) is 3.35. The first kappa shape index (κ1) is 13.0. The summed E-state index contributed by atoms with van der Waals surface area (Å²) in [6.07, 6.45) is 0.304. The minimum absolute atomic E-state index is 0.0659. The van der Waals surface area contributed by atoms with Crippen LogP contribution in [0.3, 0.4) is 0 Å². The van der Waals surface area contributed by atoms with Gasteiger partial charge in [-0.1, -0.05) is 18.5 Å². The average Bonchev–Trinajstić information content (AvgIpc) is 2.31. The number of pyridine rings is 1. The number of halogens is 1. The molecule has 1 fully saturated rings. The highest BCUT2D eigenvalue weighted by Crippen LogP contribution is 2.27. The maximum atomic E-state index is 10.8. The molecule has 1 aromatic rings. The Morgan fingerprint density at radius 3 is 2.94 bits per heavy atom. The second kappa shape index (κ2) is 5.07. The minimum Gasteiger partial charge on any atom is -0.393 e. The lowest BCUT2D eigenvalue weighted by Crippen LogP contribution is -2.42. The van der Waals surface area contributed by atoms with Crippen LogP contribution in [0.2, 0.25) is 5.15 Å². The summed E-state index contributed by atoms with van der Waals surface area (Å²) in [5.41, 5.74) is -0.0659. The molecule has 2 atom stereocenters. The Balaban J connectivity index is 2.25. The molecule has 1 aromatic heterocycles. The molecule has 1 N–H and O–H groups in total. The summed E-state index contributed by atoms with van der Waals surface area (Å²) in [4.78, 5) is 16.3. The van der Waals surface area contributed by atoms with E-state index in [9.17, 15) is 15.2 Å². The van der Waals surface area contributed by atoms with Crippen LogP contribution in [0.1, 0.15) is 13.3 Å². The van der Waals surface area contributed by atoms with Gasteiger partial charge in [-0.05, 0) is 12.3 Å². The van der Waals surface area contributed by atoms with Crippen LogP contribution in [0.25, 0.3) is 0 Å². The molecule has 2 unspecified atom stereocenters. The van der Waals surface area contributed by atoms with Crippen molar-refractivity contribution in [3.8, 4) is 0 Å². The van der Waals surface area contributed by atoms with E-state index >= 15 is 0 Å². The van der Waals surface area contributed by atoms with Crippen molar-refractivity contribution in [3.63, 3.8) is 0 Å². The number of aliphatic hydroxyl groups is 1. The zero-order chi connectivity index (χ0) is 13.3. The first-order valence-electron chi connectivity index (χ1n) is 5.72. The van der Waals surface area contributed by atoms with Gasteiger partial charge in [-0.3, -0.25) is 10.1 Å². The lowest BCUT2D eigenvalue weighted by molar-refractivity contribution is -0.384. The van der Waals surface area contributed by atoms with E-state index in [4.69, 9.17) is 11.6 Å². The van der Waals surface area contributed by atoms with Gasteiger partial charge in [-0.25, -0.2) is 4.98 Å². The Morgan fingerprint density at radius 2 is 2.33 bits per heavy atom. The highest BCUT2D eigenvalue weighted by atomic mass is 35.5. The van der Waals surface area contributed by atoms with E-state index in [1.807, 2.05) is 11.8 Å². The topological polar surface area (TPSA) is 79.5 Å². The number of nitrogens with zero attached hydrogens (tertiary/aromatic N) is 3. The molecule has 1 aliphatic heterocycles. The van der Waals surface area contributed by atoms with Gasteiger partial charge in [0.05, 0.1) is 23.2 Å². The largest absolute Gasteiger partial charge is 0.393 e. The Bertz CT molecular complexity index is 469. The van der Waals surface area contributed by atoms with Crippen molar-refractivity contribution >= 4 is 23.1 Å². The van der Waals surface area contributed by atoms with E-state index in [-0.39, 0.29) is 22.9 Å². The van der Waals surface area contributed by atoms with E-state index in [0.29, 0.717) is 25.3 Å². The molecule has 0 aromatic carbocycles. The predicted octanol–water partition coefficient (Wildman–Crippen LogP) is 1.85. The van der Waals surface area contributed by atoms with Crippen LogP contribution in [0.5, 0.6) is 0 Å². The second-order valence-corrected chi connectivity index (χ2v) is 4.93. The van der Waals surface area contributed by atoms with Crippen LogP contribution in [-0.4, -0.2) is 34.2 Å². The van der Waals surface area contributed by atoms with Gasteiger partial charge in [0.15, 0.2) is 0 Å². The fourth-order valence-corrected chi connectivity index (χ4v) is 2.28. The van der Waals surface area contributed by atoms with E-state index in [2.05, 4.69) is 4.98 Å². The van der Waals surface area contributed by atoms with Gasteiger partial charge in [0, 0.05) is 13.1 Å². The summed E-state index contributed by atoms with van der Waals surface area (Å²) in [6.45, 7) is 3.18. The van der Waals surface area contributed by atoms with Crippen LogP contribution in [0.4, 0.5) is 11.5 Å². The number of piperidine rings is 1. The molecule has 0 saturated carbocycles. The molecule has 0 amide bonds. The average molecular weight is 272 g/mol. The van der Waals surface area contributed by atoms with Crippen molar-refractivity contribution in [2.24, 2.45) is 5.92 Å². The molecule has 0 bridgehead atoms. The molecule has 98 valence electrons. The predicted molar refractivity (Wildman–Crippen MR) is 67.9 cm³/mol. The summed E-state index contributed by atoms with van der Waals surface area (Å²) >= 11 is 5.79. The molecule has 0 radical (unpaired) electrons. The number of aliphatic hydroxyl groups excluding tert-OH is 1. The SMILES string of the molecule is CC1CN(c2cc([N+](=O)[O-])cc(Cl)n2)CCC1O. The molecule has 0 aliphatic carbocycles.